The van der Waals surface area contributed by atoms with E-state index in [2.05, 4.69) is 4.98 Å². The lowest BCUT2D eigenvalue weighted by Crippen LogP contribution is -2.29. The summed E-state index contributed by atoms with van der Waals surface area (Å²) in [6.07, 6.45) is 0.825. The van der Waals surface area contributed by atoms with E-state index in [4.69, 9.17) is 14.2 Å². The van der Waals surface area contributed by atoms with Gasteiger partial charge in [-0.15, -0.1) is 0 Å². The number of hydrogen-bond acceptors (Lipinski definition) is 8. The number of hydrogen-bond donors (Lipinski definition) is 1. The maximum absolute atomic E-state index is 13.5. The number of fused-ring (bicyclic) bond motifs is 1. The molecule has 0 aliphatic carbocycles. The Kier molecular flexibility index (Phi) is 7.02. The van der Waals surface area contributed by atoms with Crippen molar-refractivity contribution in [3.8, 4) is 17.2 Å². The van der Waals surface area contributed by atoms with Crippen LogP contribution in [0.2, 0.25) is 0 Å². The van der Waals surface area contributed by atoms with Crippen LogP contribution in [0.4, 0.5) is 5.13 Å². The molecule has 1 amide bonds. The number of carbonyl (C=O) groups excluding carboxylic acids is 2. The Bertz CT molecular complexity index is 1560. The summed E-state index contributed by atoms with van der Waals surface area (Å²) in [5, 5.41) is 11.8. The number of amides is 1. The molecule has 9 heteroatoms. The number of benzene rings is 3. The van der Waals surface area contributed by atoms with Crippen molar-refractivity contribution in [1.29, 1.82) is 0 Å². The van der Waals surface area contributed by atoms with Gasteiger partial charge < -0.3 is 19.3 Å². The van der Waals surface area contributed by atoms with Gasteiger partial charge in [-0.1, -0.05) is 42.5 Å². The zero-order chi connectivity index (χ0) is 26.8. The third-order valence-corrected chi connectivity index (χ3v) is 7.24. The van der Waals surface area contributed by atoms with Crippen LogP contribution in [-0.4, -0.2) is 42.6 Å². The Morgan fingerprint density at radius 1 is 0.974 bits per heavy atom. The molecule has 3 aromatic carbocycles. The smallest absolute Gasteiger partial charge is 0.301 e. The lowest BCUT2D eigenvalue weighted by Gasteiger charge is -2.23. The number of aliphatic hydroxyl groups excluding tert-OH is 1. The second kappa shape index (κ2) is 10.5. The van der Waals surface area contributed by atoms with Crippen molar-refractivity contribution < 1.29 is 28.9 Å². The van der Waals surface area contributed by atoms with Gasteiger partial charge in [0.1, 0.15) is 23.0 Å². The van der Waals surface area contributed by atoms with Gasteiger partial charge in [-0.25, -0.2) is 4.98 Å². The Morgan fingerprint density at radius 3 is 2.47 bits per heavy atom. The Balaban J connectivity index is 1.69. The van der Waals surface area contributed by atoms with Crippen LogP contribution < -0.4 is 19.1 Å². The van der Waals surface area contributed by atoms with Crippen molar-refractivity contribution >= 4 is 44.1 Å². The summed E-state index contributed by atoms with van der Waals surface area (Å²) in [6, 6.07) is 18.4. The molecule has 1 unspecified atom stereocenters. The van der Waals surface area contributed by atoms with Crippen LogP contribution in [0.5, 0.6) is 17.2 Å². The Labute approximate surface area is 223 Å². The zero-order valence-corrected chi connectivity index (χ0v) is 22.0. The zero-order valence-electron chi connectivity index (χ0n) is 21.1. The summed E-state index contributed by atoms with van der Waals surface area (Å²) < 4.78 is 17.2. The van der Waals surface area contributed by atoms with Crippen molar-refractivity contribution in [2.75, 3.05) is 25.7 Å². The van der Waals surface area contributed by atoms with E-state index >= 15 is 0 Å². The minimum Gasteiger partial charge on any atom is -0.507 e. The van der Waals surface area contributed by atoms with E-state index in [9.17, 15) is 14.7 Å². The highest BCUT2D eigenvalue weighted by molar-refractivity contribution is 7.22. The number of thiazole rings is 1. The lowest BCUT2D eigenvalue weighted by atomic mass is 9.95. The summed E-state index contributed by atoms with van der Waals surface area (Å²) in [7, 11) is 3.12. The van der Waals surface area contributed by atoms with Gasteiger partial charge in [-0.2, -0.15) is 0 Å². The van der Waals surface area contributed by atoms with Crippen LogP contribution in [-0.2, 0) is 9.59 Å². The summed E-state index contributed by atoms with van der Waals surface area (Å²) in [4.78, 5) is 33.0. The highest BCUT2D eigenvalue weighted by atomic mass is 32.1. The van der Waals surface area contributed by atoms with Crippen molar-refractivity contribution in [2.24, 2.45) is 0 Å². The molecule has 0 spiro atoms. The molecule has 1 aliphatic rings. The van der Waals surface area contributed by atoms with Crippen molar-refractivity contribution in [2.45, 2.75) is 19.4 Å². The molecule has 1 N–H and O–H groups in total. The van der Waals surface area contributed by atoms with Gasteiger partial charge in [0.2, 0.25) is 0 Å². The summed E-state index contributed by atoms with van der Waals surface area (Å²) in [6.45, 7) is 2.51. The van der Waals surface area contributed by atoms with Gasteiger partial charge in [0, 0.05) is 5.56 Å². The van der Waals surface area contributed by atoms with Gasteiger partial charge >= 0.3 is 5.91 Å². The van der Waals surface area contributed by atoms with Gasteiger partial charge in [-0.05, 0) is 54.4 Å². The minimum absolute atomic E-state index is 0.0345. The Hall–Kier alpha value is -4.37. The van der Waals surface area contributed by atoms with Gasteiger partial charge in [-0.3, -0.25) is 14.5 Å². The van der Waals surface area contributed by atoms with Gasteiger partial charge in [0.15, 0.2) is 5.13 Å². The average molecular weight is 531 g/mol. The van der Waals surface area contributed by atoms with Crippen molar-refractivity contribution in [3.63, 3.8) is 0 Å². The molecule has 0 bridgehead atoms. The van der Waals surface area contributed by atoms with E-state index in [1.165, 1.54) is 16.2 Å². The first kappa shape index (κ1) is 25.3. The van der Waals surface area contributed by atoms with E-state index in [1.807, 2.05) is 13.0 Å². The predicted octanol–water partition coefficient (Wildman–Crippen LogP) is 5.73. The van der Waals surface area contributed by atoms with Crippen LogP contribution in [0.15, 0.2) is 72.3 Å². The number of carbonyl (C=O) groups is 2. The summed E-state index contributed by atoms with van der Waals surface area (Å²) in [5.74, 6) is -0.0937. The summed E-state index contributed by atoms with van der Waals surface area (Å²) in [5.41, 5.74) is 1.60. The van der Waals surface area contributed by atoms with E-state index < -0.39 is 17.7 Å². The highest BCUT2D eigenvalue weighted by Crippen LogP contribution is 2.45. The van der Waals surface area contributed by atoms with E-state index in [0.29, 0.717) is 45.6 Å². The number of anilines is 1. The van der Waals surface area contributed by atoms with Crippen LogP contribution in [0.1, 0.15) is 30.5 Å². The molecule has 1 saturated heterocycles. The monoisotopic (exact) mass is 530 g/mol. The first-order chi connectivity index (χ1) is 18.4. The number of ketones is 1. The van der Waals surface area contributed by atoms with Gasteiger partial charge in [0.05, 0.1) is 42.7 Å². The number of methoxy groups -OCH3 is 2. The molecule has 4 aromatic rings. The lowest BCUT2D eigenvalue weighted by molar-refractivity contribution is -0.132. The topological polar surface area (TPSA) is 98.2 Å². The maximum atomic E-state index is 13.5. The fourth-order valence-electron chi connectivity index (χ4n) is 4.39. The maximum Gasteiger partial charge on any atom is 0.301 e. The van der Waals surface area contributed by atoms with Gasteiger partial charge in [0.25, 0.3) is 5.78 Å². The molecule has 38 heavy (non-hydrogen) atoms. The standard InChI is InChI=1S/C29H26N2O6S/c1-4-13-37-21-10-6-8-18(15-21)26(32)24-25(17-7-5-9-19(14-17)35-2)31(28(34)27(24)33)29-30-22-12-11-20(36-3)16-23(22)38-29/h5-12,14-16,25,32H,4,13H2,1-3H3/b26-24+. The molecule has 0 saturated carbocycles. The normalized spacial score (nSPS) is 16.7. The Morgan fingerprint density at radius 2 is 1.71 bits per heavy atom. The number of aromatic nitrogens is 1. The van der Waals surface area contributed by atoms with E-state index in [-0.39, 0.29) is 11.3 Å². The van der Waals surface area contributed by atoms with E-state index in [0.717, 1.165) is 11.1 Å². The average Bonchev–Trinajstić information content (AvgIpc) is 3.49. The minimum atomic E-state index is -0.923. The third kappa shape index (κ3) is 4.56. The fourth-order valence-corrected chi connectivity index (χ4v) is 5.41. The number of aliphatic hydroxyl groups is 1. The number of Topliss-reactive ketones (excluding diaryl/α,β-unsaturated/α-hetero) is 1. The molecule has 5 rings (SSSR count). The largest absolute Gasteiger partial charge is 0.507 e. The second-order valence-corrected chi connectivity index (χ2v) is 9.66. The SMILES string of the molecule is CCCOc1cccc(/C(O)=C2\C(=O)C(=O)N(c3nc4ccc(OC)cc4s3)C2c2cccc(OC)c2)c1. The molecule has 2 heterocycles. The number of ether oxygens (including phenoxy) is 3. The molecule has 1 aromatic heterocycles. The van der Waals surface area contributed by atoms with E-state index in [1.54, 1.807) is 74.9 Å². The third-order valence-electron chi connectivity index (χ3n) is 6.22. The number of nitrogens with zero attached hydrogens (tertiary/aromatic N) is 2. The predicted molar refractivity (Wildman–Crippen MR) is 146 cm³/mol. The fraction of sp³-hybridized carbons (Fsp3) is 0.207. The first-order valence-electron chi connectivity index (χ1n) is 12.1. The van der Waals surface area contributed by atoms with Crippen LogP contribution >= 0.6 is 11.3 Å². The van der Waals surface area contributed by atoms with Crippen molar-refractivity contribution in [3.05, 3.63) is 83.4 Å². The second-order valence-electron chi connectivity index (χ2n) is 8.65. The molecular weight excluding hydrogens is 504 g/mol. The number of rotatable bonds is 8. The van der Waals surface area contributed by atoms with Crippen LogP contribution in [0.25, 0.3) is 16.0 Å². The van der Waals surface area contributed by atoms with Crippen molar-refractivity contribution in [1.82, 2.24) is 4.98 Å². The molecule has 1 fully saturated rings. The quantitative estimate of drug-likeness (QED) is 0.177. The molecule has 194 valence electrons. The molecule has 1 aliphatic heterocycles. The van der Waals surface area contributed by atoms with Crippen LogP contribution in [0.3, 0.4) is 0 Å². The summed E-state index contributed by atoms with van der Waals surface area (Å²) >= 11 is 1.27. The molecule has 0 radical (unpaired) electrons. The molecule has 8 nitrogen and oxygen atoms in total. The highest BCUT2D eigenvalue weighted by Gasteiger charge is 2.48. The first-order valence-corrected chi connectivity index (χ1v) is 12.9. The van der Waals surface area contributed by atoms with Crippen LogP contribution in [0, 0.1) is 0 Å². The molecular formula is C29H26N2O6S. The molecule has 1 atom stereocenters.